The minimum Gasteiger partial charge on any atom is -0.376 e. The van der Waals surface area contributed by atoms with E-state index < -0.39 is 28.2 Å². The summed E-state index contributed by atoms with van der Waals surface area (Å²) in [7, 11) is 0. The quantitative estimate of drug-likeness (QED) is 0.750. The number of hydrogen-bond donors (Lipinski definition) is 1. The molecule has 0 radical (unpaired) electrons. The largest absolute Gasteiger partial charge is 0.421 e. The third-order valence-corrected chi connectivity index (χ3v) is 2.32. The maximum atomic E-state index is 12.6. The van der Waals surface area contributed by atoms with Gasteiger partial charge < -0.3 is 5.11 Å². The zero-order valence-corrected chi connectivity index (χ0v) is 8.33. The number of alkyl halides is 3. The van der Waals surface area contributed by atoms with Crippen molar-refractivity contribution in [3.8, 4) is 0 Å². The second-order valence-corrected chi connectivity index (χ2v) is 3.60. The molecule has 1 unspecified atom stereocenters. The number of halogens is 5. The lowest BCUT2D eigenvalue weighted by Gasteiger charge is -2.27. The van der Waals surface area contributed by atoms with Crippen LogP contribution < -0.4 is 0 Å². The second kappa shape index (κ2) is 3.64. The summed E-state index contributed by atoms with van der Waals surface area (Å²) in [4.78, 5) is 0. The van der Waals surface area contributed by atoms with Crippen molar-refractivity contribution < 1.29 is 22.7 Å². The molecule has 6 heteroatoms. The van der Waals surface area contributed by atoms with Gasteiger partial charge in [0.2, 0.25) is 0 Å². The molecule has 0 bridgehead atoms. The van der Waals surface area contributed by atoms with Crippen LogP contribution in [0.2, 0.25) is 5.02 Å². The molecule has 0 spiro atoms. The van der Waals surface area contributed by atoms with Crippen molar-refractivity contribution in [1.29, 1.82) is 0 Å². The summed E-state index contributed by atoms with van der Waals surface area (Å²) in [6, 6.07) is 2.34. The number of aliphatic hydroxyl groups is 1. The van der Waals surface area contributed by atoms with Crippen LogP contribution in [0.5, 0.6) is 0 Å². The van der Waals surface area contributed by atoms with Crippen molar-refractivity contribution in [2.45, 2.75) is 18.7 Å². The molecule has 1 aromatic rings. The van der Waals surface area contributed by atoms with Crippen LogP contribution in [0.1, 0.15) is 12.5 Å². The van der Waals surface area contributed by atoms with Gasteiger partial charge in [-0.1, -0.05) is 17.7 Å². The standard InChI is InChI=1S/C9H7ClF4O/c1-8(15,9(12,13)14)6-3-2-5(11)4-7(6)10/h2-4,15H,1H3. The molecule has 15 heavy (non-hydrogen) atoms. The van der Waals surface area contributed by atoms with Gasteiger partial charge in [-0.15, -0.1) is 0 Å². The molecule has 0 aliphatic carbocycles. The van der Waals surface area contributed by atoms with E-state index >= 15 is 0 Å². The van der Waals surface area contributed by atoms with Gasteiger partial charge in [0.25, 0.3) is 0 Å². The third kappa shape index (κ3) is 2.23. The monoisotopic (exact) mass is 242 g/mol. The van der Waals surface area contributed by atoms with Crippen LogP contribution in [-0.4, -0.2) is 11.3 Å². The van der Waals surface area contributed by atoms with Crippen LogP contribution in [-0.2, 0) is 5.60 Å². The molecule has 0 aromatic heterocycles. The van der Waals surface area contributed by atoms with Crippen LogP contribution in [0.15, 0.2) is 18.2 Å². The average Bonchev–Trinajstić information content (AvgIpc) is 2.00. The summed E-state index contributed by atoms with van der Waals surface area (Å²) in [5.74, 6) is -0.762. The molecule has 1 aromatic carbocycles. The van der Waals surface area contributed by atoms with Crippen molar-refractivity contribution in [2.75, 3.05) is 0 Å². The van der Waals surface area contributed by atoms with Crippen LogP contribution in [0, 0.1) is 5.82 Å². The molecule has 0 saturated carbocycles. The summed E-state index contributed by atoms with van der Waals surface area (Å²) >= 11 is 5.42. The Hall–Kier alpha value is -0.810. The Morgan fingerprint density at radius 2 is 1.80 bits per heavy atom. The average molecular weight is 243 g/mol. The highest BCUT2D eigenvalue weighted by molar-refractivity contribution is 6.31. The molecule has 0 fully saturated rings. The molecule has 0 aliphatic rings. The molecule has 1 N–H and O–H groups in total. The molecule has 1 atom stereocenters. The van der Waals surface area contributed by atoms with E-state index in [2.05, 4.69) is 0 Å². The van der Waals surface area contributed by atoms with E-state index in [4.69, 9.17) is 11.6 Å². The van der Waals surface area contributed by atoms with E-state index in [-0.39, 0.29) is 0 Å². The van der Waals surface area contributed by atoms with E-state index in [9.17, 15) is 22.7 Å². The van der Waals surface area contributed by atoms with Crippen molar-refractivity contribution in [3.63, 3.8) is 0 Å². The molecular formula is C9H7ClF4O. The lowest BCUT2D eigenvalue weighted by Crippen LogP contribution is -2.39. The van der Waals surface area contributed by atoms with Crippen LogP contribution in [0.3, 0.4) is 0 Å². The van der Waals surface area contributed by atoms with E-state index in [1.165, 1.54) is 0 Å². The lowest BCUT2D eigenvalue weighted by molar-refractivity contribution is -0.258. The third-order valence-electron chi connectivity index (χ3n) is 2.01. The maximum Gasteiger partial charge on any atom is 0.421 e. The highest BCUT2D eigenvalue weighted by Gasteiger charge is 2.52. The van der Waals surface area contributed by atoms with Crippen LogP contribution >= 0.6 is 11.6 Å². The van der Waals surface area contributed by atoms with Crippen LogP contribution in [0.25, 0.3) is 0 Å². The molecule has 1 rings (SSSR count). The second-order valence-electron chi connectivity index (χ2n) is 3.19. The Bertz CT molecular complexity index is 373. The van der Waals surface area contributed by atoms with Gasteiger partial charge in [-0.2, -0.15) is 13.2 Å². The Morgan fingerprint density at radius 1 is 1.27 bits per heavy atom. The molecule has 0 saturated heterocycles. The zero-order valence-electron chi connectivity index (χ0n) is 7.57. The molecule has 0 aliphatic heterocycles. The summed E-state index contributed by atoms with van der Waals surface area (Å²) in [6.45, 7) is 0.562. The van der Waals surface area contributed by atoms with E-state index in [1.54, 1.807) is 0 Å². The predicted molar refractivity (Wildman–Crippen MR) is 47.0 cm³/mol. The smallest absolute Gasteiger partial charge is 0.376 e. The molecular weight excluding hydrogens is 236 g/mol. The van der Waals surface area contributed by atoms with Gasteiger partial charge in [0.1, 0.15) is 5.82 Å². The van der Waals surface area contributed by atoms with E-state index in [0.717, 1.165) is 18.2 Å². The number of benzene rings is 1. The van der Waals surface area contributed by atoms with Crippen molar-refractivity contribution in [1.82, 2.24) is 0 Å². The van der Waals surface area contributed by atoms with Crippen molar-refractivity contribution in [2.24, 2.45) is 0 Å². The van der Waals surface area contributed by atoms with Gasteiger partial charge >= 0.3 is 6.18 Å². The highest BCUT2D eigenvalue weighted by Crippen LogP contribution is 2.41. The van der Waals surface area contributed by atoms with Crippen LogP contribution in [0.4, 0.5) is 17.6 Å². The van der Waals surface area contributed by atoms with Gasteiger partial charge in [-0.05, 0) is 19.1 Å². The zero-order chi connectivity index (χ0) is 11.9. The Labute approximate surface area is 88.3 Å². The minimum atomic E-state index is -4.87. The normalized spacial score (nSPS) is 16.2. The van der Waals surface area contributed by atoms with Gasteiger partial charge in [0.15, 0.2) is 5.60 Å². The number of hydrogen-bond acceptors (Lipinski definition) is 1. The Kier molecular flexibility index (Phi) is 2.98. The Balaban J connectivity index is 3.28. The first-order valence-corrected chi connectivity index (χ1v) is 4.28. The lowest BCUT2D eigenvalue weighted by atomic mass is 9.95. The Morgan fingerprint density at radius 3 is 2.20 bits per heavy atom. The summed E-state index contributed by atoms with van der Waals surface area (Å²) in [5.41, 5.74) is -3.66. The first-order valence-electron chi connectivity index (χ1n) is 3.91. The molecule has 0 amide bonds. The maximum absolute atomic E-state index is 12.6. The van der Waals surface area contributed by atoms with Gasteiger partial charge in [0.05, 0.1) is 0 Å². The number of rotatable bonds is 1. The molecule has 84 valence electrons. The van der Waals surface area contributed by atoms with Crippen molar-refractivity contribution in [3.05, 3.63) is 34.6 Å². The SMILES string of the molecule is CC(O)(c1ccc(F)cc1Cl)C(F)(F)F. The van der Waals surface area contributed by atoms with E-state index in [0.29, 0.717) is 6.92 Å². The van der Waals surface area contributed by atoms with Gasteiger partial charge in [-0.25, -0.2) is 4.39 Å². The summed E-state index contributed by atoms with van der Waals surface area (Å²) in [5, 5.41) is 8.80. The van der Waals surface area contributed by atoms with Gasteiger partial charge in [0, 0.05) is 10.6 Å². The predicted octanol–water partition coefficient (Wildman–Crippen LogP) is 3.25. The summed E-state index contributed by atoms with van der Waals surface area (Å²) in [6.07, 6.45) is -4.87. The molecule has 1 nitrogen and oxygen atoms in total. The topological polar surface area (TPSA) is 20.2 Å². The first kappa shape index (κ1) is 12.3. The fourth-order valence-corrected chi connectivity index (χ4v) is 1.39. The fraction of sp³-hybridized carbons (Fsp3) is 0.333. The summed E-state index contributed by atoms with van der Waals surface area (Å²) < 4.78 is 49.8. The van der Waals surface area contributed by atoms with Crippen molar-refractivity contribution >= 4 is 11.6 Å². The van der Waals surface area contributed by atoms with E-state index in [1.807, 2.05) is 0 Å². The van der Waals surface area contributed by atoms with Gasteiger partial charge in [-0.3, -0.25) is 0 Å². The fourth-order valence-electron chi connectivity index (χ4n) is 1.04. The minimum absolute atomic E-state index is 0.461. The first-order chi connectivity index (χ1) is 6.66. The molecule has 0 heterocycles. The highest BCUT2D eigenvalue weighted by atomic mass is 35.5.